The summed E-state index contributed by atoms with van der Waals surface area (Å²) in [7, 11) is 0. The summed E-state index contributed by atoms with van der Waals surface area (Å²) in [6.07, 6.45) is 0.969. The van der Waals surface area contributed by atoms with Gasteiger partial charge in [0, 0.05) is 10.9 Å². The molecule has 1 atom stereocenters. The fourth-order valence-electron chi connectivity index (χ4n) is 0.729. The smallest absolute Gasteiger partial charge is 0.414 e. The van der Waals surface area contributed by atoms with Crippen molar-refractivity contribution in [2.75, 3.05) is 0 Å². The molecule has 0 spiro atoms. The van der Waals surface area contributed by atoms with Crippen LogP contribution >= 0.6 is 22.9 Å². The second-order valence-corrected chi connectivity index (χ2v) is 4.51. The summed E-state index contributed by atoms with van der Waals surface area (Å²) in [6.45, 7) is 2.07. The van der Waals surface area contributed by atoms with E-state index in [1.807, 2.05) is 12.1 Å². The van der Waals surface area contributed by atoms with Crippen molar-refractivity contribution >= 4 is 34.9 Å². The molecule has 1 aromatic rings. The molecule has 0 radical (unpaired) electrons. The van der Waals surface area contributed by atoms with E-state index >= 15 is 0 Å². The van der Waals surface area contributed by atoms with Gasteiger partial charge in [-0.1, -0.05) is 18.5 Å². The van der Waals surface area contributed by atoms with Gasteiger partial charge in [-0.25, -0.2) is 9.59 Å². The van der Waals surface area contributed by atoms with E-state index in [9.17, 15) is 0 Å². The van der Waals surface area contributed by atoms with E-state index in [1.165, 1.54) is 4.88 Å². The van der Waals surface area contributed by atoms with Crippen molar-refractivity contribution in [2.24, 2.45) is 5.73 Å². The first-order chi connectivity index (χ1) is 7.38. The van der Waals surface area contributed by atoms with E-state index in [1.54, 1.807) is 11.3 Å². The van der Waals surface area contributed by atoms with Gasteiger partial charge in [-0.2, -0.15) is 0 Å². The summed E-state index contributed by atoms with van der Waals surface area (Å²) in [5.41, 5.74) is 5.76. The van der Waals surface area contributed by atoms with Crippen LogP contribution < -0.4 is 5.73 Å². The average Bonchev–Trinajstić information content (AvgIpc) is 2.64. The summed E-state index contributed by atoms with van der Waals surface area (Å²) in [5, 5.41) is 14.8. The van der Waals surface area contributed by atoms with Gasteiger partial charge >= 0.3 is 11.9 Å². The van der Waals surface area contributed by atoms with Crippen molar-refractivity contribution in [1.82, 2.24) is 0 Å². The van der Waals surface area contributed by atoms with Crippen LogP contribution in [-0.2, 0) is 9.59 Å². The molecule has 0 saturated heterocycles. The first-order valence-electron chi connectivity index (χ1n) is 4.35. The van der Waals surface area contributed by atoms with Gasteiger partial charge in [0.05, 0.1) is 4.34 Å². The fraction of sp³-hybridized carbons (Fsp3) is 0.333. The third-order valence-corrected chi connectivity index (χ3v) is 2.95. The van der Waals surface area contributed by atoms with Gasteiger partial charge in [0.1, 0.15) is 0 Å². The summed E-state index contributed by atoms with van der Waals surface area (Å²) in [5.74, 6) is -3.65. The Morgan fingerprint density at radius 1 is 1.44 bits per heavy atom. The number of thiophene rings is 1. The first-order valence-corrected chi connectivity index (χ1v) is 5.55. The molecule has 0 aromatic carbocycles. The lowest BCUT2D eigenvalue weighted by atomic mass is 10.2. The lowest BCUT2D eigenvalue weighted by Crippen LogP contribution is -2.09. The Morgan fingerprint density at radius 3 is 2.19 bits per heavy atom. The number of halogens is 1. The summed E-state index contributed by atoms with van der Waals surface area (Å²) in [6, 6.07) is 4.04. The van der Waals surface area contributed by atoms with Crippen LogP contribution in [0.1, 0.15) is 24.3 Å². The minimum atomic E-state index is -1.82. The van der Waals surface area contributed by atoms with Crippen LogP contribution in [0.4, 0.5) is 0 Å². The average molecular weight is 266 g/mol. The number of hydrogen-bond acceptors (Lipinski definition) is 4. The maximum absolute atomic E-state index is 9.10. The SMILES string of the molecule is CCC(N)c1ccc(Cl)s1.O=C(O)C(=O)O. The lowest BCUT2D eigenvalue weighted by Gasteiger charge is -2.02. The zero-order chi connectivity index (χ0) is 12.7. The molecule has 1 aromatic heterocycles. The Hall–Kier alpha value is -1.11. The molecule has 1 rings (SSSR count). The molecule has 16 heavy (non-hydrogen) atoms. The van der Waals surface area contributed by atoms with Gasteiger partial charge in [-0.15, -0.1) is 11.3 Å². The highest BCUT2D eigenvalue weighted by Crippen LogP contribution is 2.26. The second kappa shape index (κ2) is 7.21. The van der Waals surface area contributed by atoms with E-state index < -0.39 is 11.9 Å². The standard InChI is InChI=1S/C7H10ClNS.C2H2O4/c1-2-5(9)6-3-4-7(8)10-6;3-1(4)2(5)6/h3-5H,2,9H2,1H3;(H,3,4)(H,5,6). The van der Waals surface area contributed by atoms with Crippen LogP contribution in [0.5, 0.6) is 0 Å². The third kappa shape index (κ3) is 5.69. The molecule has 5 nitrogen and oxygen atoms in total. The molecule has 0 fully saturated rings. The number of carbonyl (C=O) groups is 2. The Kier molecular flexibility index (Phi) is 6.71. The zero-order valence-electron chi connectivity index (χ0n) is 8.51. The Morgan fingerprint density at radius 2 is 1.94 bits per heavy atom. The number of aliphatic carboxylic acids is 2. The summed E-state index contributed by atoms with van der Waals surface area (Å²) >= 11 is 7.29. The molecule has 0 aliphatic rings. The third-order valence-electron chi connectivity index (χ3n) is 1.58. The van der Waals surface area contributed by atoms with E-state index in [4.69, 9.17) is 37.1 Å². The molecule has 0 saturated carbocycles. The van der Waals surface area contributed by atoms with Gasteiger partial charge < -0.3 is 15.9 Å². The van der Waals surface area contributed by atoms with Crippen LogP contribution in [0.2, 0.25) is 4.34 Å². The summed E-state index contributed by atoms with van der Waals surface area (Å²) in [4.78, 5) is 19.4. The van der Waals surface area contributed by atoms with Crippen molar-refractivity contribution in [3.05, 3.63) is 21.3 Å². The highest BCUT2D eigenvalue weighted by molar-refractivity contribution is 7.16. The minimum Gasteiger partial charge on any atom is -0.473 e. The van der Waals surface area contributed by atoms with Crippen molar-refractivity contribution in [1.29, 1.82) is 0 Å². The highest BCUT2D eigenvalue weighted by Gasteiger charge is 2.05. The molecule has 1 heterocycles. The Labute approximate surface area is 101 Å². The molecular formula is C9H12ClNO4S. The molecule has 4 N–H and O–H groups in total. The predicted molar refractivity (Wildman–Crippen MR) is 61.8 cm³/mol. The second-order valence-electron chi connectivity index (χ2n) is 2.77. The van der Waals surface area contributed by atoms with Crippen molar-refractivity contribution in [3.63, 3.8) is 0 Å². The maximum Gasteiger partial charge on any atom is 0.414 e. The Bertz CT molecular complexity index is 354. The van der Waals surface area contributed by atoms with Crippen LogP contribution in [0.25, 0.3) is 0 Å². The number of hydrogen-bond donors (Lipinski definition) is 3. The molecule has 1 unspecified atom stereocenters. The molecule has 0 aliphatic carbocycles. The fourth-order valence-corrected chi connectivity index (χ4v) is 1.87. The van der Waals surface area contributed by atoms with Gasteiger partial charge in [0.25, 0.3) is 0 Å². The van der Waals surface area contributed by atoms with Crippen molar-refractivity contribution in [3.8, 4) is 0 Å². The van der Waals surface area contributed by atoms with Gasteiger partial charge in [0.15, 0.2) is 0 Å². The lowest BCUT2D eigenvalue weighted by molar-refractivity contribution is -0.159. The molecule has 0 amide bonds. The highest BCUT2D eigenvalue weighted by atomic mass is 35.5. The van der Waals surface area contributed by atoms with Crippen LogP contribution in [0.15, 0.2) is 12.1 Å². The zero-order valence-corrected chi connectivity index (χ0v) is 10.1. The molecular weight excluding hydrogens is 254 g/mol. The molecule has 90 valence electrons. The van der Waals surface area contributed by atoms with Crippen molar-refractivity contribution < 1.29 is 19.8 Å². The van der Waals surface area contributed by atoms with E-state index in [0.29, 0.717) is 0 Å². The minimum absolute atomic E-state index is 0.164. The van der Waals surface area contributed by atoms with Crippen LogP contribution in [0.3, 0.4) is 0 Å². The number of nitrogens with two attached hydrogens (primary N) is 1. The normalized spacial score (nSPS) is 11.2. The van der Waals surface area contributed by atoms with E-state index in [-0.39, 0.29) is 6.04 Å². The van der Waals surface area contributed by atoms with Gasteiger partial charge in [0.2, 0.25) is 0 Å². The number of carboxylic acid groups (broad SMARTS) is 2. The first kappa shape index (κ1) is 14.9. The quantitative estimate of drug-likeness (QED) is 0.710. The van der Waals surface area contributed by atoms with E-state index in [2.05, 4.69) is 6.92 Å². The summed E-state index contributed by atoms with van der Waals surface area (Å²) < 4.78 is 0.818. The van der Waals surface area contributed by atoms with Gasteiger partial charge in [-0.05, 0) is 18.6 Å². The maximum atomic E-state index is 9.10. The predicted octanol–water partition coefficient (Wildman–Crippen LogP) is 1.97. The molecule has 0 bridgehead atoms. The largest absolute Gasteiger partial charge is 0.473 e. The molecule has 7 heteroatoms. The number of carboxylic acids is 2. The topological polar surface area (TPSA) is 101 Å². The molecule has 0 aliphatic heterocycles. The van der Waals surface area contributed by atoms with Crippen LogP contribution in [0, 0.1) is 0 Å². The van der Waals surface area contributed by atoms with Crippen LogP contribution in [-0.4, -0.2) is 22.2 Å². The Balaban J connectivity index is 0.000000325. The number of rotatable bonds is 2. The van der Waals surface area contributed by atoms with Crippen molar-refractivity contribution in [2.45, 2.75) is 19.4 Å². The van der Waals surface area contributed by atoms with E-state index in [0.717, 1.165) is 10.8 Å². The monoisotopic (exact) mass is 265 g/mol. The van der Waals surface area contributed by atoms with Gasteiger partial charge in [-0.3, -0.25) is 0 Å².